The van der Waals surface area contributed by atoms with E-state index < -0.39 is 10.0 Å². The van der Waals surface area contributed by atoms with Gasteiger partial charge < -0.3 is 11.1 Å². The lowest BCUT2D eigenvalue weighted by atomic mass is 10.1. The Morgan fingerprint density at radius 2 is 1.80 bits per heavy atom. The average molecular weight is 297 g/mol. The average Bonchev–Trinajstić information content (AvgIpc) is 2.69. The van der Waals surface area contributed by atoms with Gasteiger partial charge in [0.2, 0.25) is 10.0 Å². The topological polar surface area (TPSA) is 84.2 Å². The summed E-state index contributed by atoms with van der Waals surface area (Å²) < 4.78 is 26.0. The molecule has 2 rings (SSSR count). The van der Waals surface area contributed by atoms with Crippen LogP contribution in [-0.2, 0) is 10.0 Å². The standard InChI is InChI=1S/C14H23N3O2S/c1-16-20(18,19)12-8-9-13(15)14(10-12)17-11-6-4-2-3-5-7-11/h8-11,16-17H,2-7,15H2,1H3. The van der Waals surface area contributed by atoms with Crippen LogP contribution in [0, 0.1) is 0 Å². The molecular formula is C14H23N3O2S. The fourth-order valence-electron chi connectivity index (χ4n) is 2.59. The Balaban J connectivity index is 2.20. The Kier molecular flexibility index (Phi) is 4.88. The van der Waals surface area contributed by atoms with Crippen LogP contribution in [0.15, 0.2) is 23.1 Å². The molecule has 5 nitrogen and oxygen atoms in total. The number of sulfonamides is 1. The third kappa shape index (κ3) is 3.64. The van der Waals surface area contributed by atoms with E-state index in [2.05, 4.69) is 10.0 Å². The minimum atomic E-state index is -3.43. The molecule has 0 spiro atoms. The highest BCUT2D eigenvalue weighted by Crippen LogP contribution is 2.27. The molecule has 0 saturated heterocycles. The molecule has 4 N–H and O–H groups in total. The van der Waals surface area contributed by atoms with Crippen molar-refractivity contribution in [1.82, 2.24) is 4.72 Å². The molecule has 0 bridgehead atoms. The molecule has 0 unspecified atom stereocenters. The minimum Gasteiger partial charge on any atom is -0.397 e. The first-order chi connectivity index (χ1) is 9.53. The lowest BCUT2D eigenvalue weighted by Crippen LogP contribution is -2.21. The van der Waals surface area contributed by atoms with Crippen molar-refractivity contribution in [3.05, 3.63) is 18.2 Å². The lowest BCUT2D eigenvalue weighted by molar-refractivity contribution is 0.588. The second-order valence-electron chi connectivity index (χ2n) is 5.29. The Bertz CT molecular complexity index is 550. The van der Waals surface area contributed by atoms with E-state index in [-0.39, 0.29) is 4.90 Å². The van der Waals surface area contributed by atoms with Crippen LogP contribution in [0.2, 0.25) is 0 Å². The first kappa shape index (κ1) is 15.1. The van der Waals surface area contributed by atoms with Gasteiger partial charge >= 0.3 is 0 Å². The Labute approximate surface area is 121 Å². The van der Waals surface area contributed by atoms with Gasteiger partial charge in [-0.2, -0.15) is 0 Å². The molecule has 112 valence electrons. The maximum atomic E-state index is 11.8. The van der Waals surface area contributed by atoms with Crippen molar-refractivity contribution in [3.63, 3.8) is 0 Å². The summed E-state index contributed by atoms with van der Waals surface area (Å²) in [6.45, 7) is 0. The molecule has 0 heterocycles. The minimum absolute atomic E-state index is 0.241. The number of nitrogens with two attached hydrogens (primary N) is 1. The van der Waals surface area contributed by atoms with Gasteiger partial charge in [-0.1, -0.05) is 25.7 Å². The molecule has 1 aliphatic carbocycles. The molecule has 20 heavy (non-hydrogen) atoms. The molecule has 1 saturated carbocycles. The quantitative estimate of drug-likeness (QED) is 0.588. The van der Waals surface area contributed by atoms with Crippen LogP contribution in [0.25, 0.3) is 0 Å². The molecule has 1 fully saturated rings. The number of hydrogen-bond acceptors (Lipinski definition) is 4. The highest BCUT2D eigenvalue weighted by atomic mass is 32.2. The van der Waals surface area contributed by atoms with Gasteiger partial charge in [-0.05, 0) is 38.1 Å². The highest BCUT2D eigenvalue weighted by Gasteiger charge is 2.16. The van der Waals surface area contributed by atoms with Crippen LogP contribution < -0.4 is 15.8 Å². The molecule has 1 aromatic carbocycles. The molecular weight excluding hydrogens is 274 g/mol. The van der Waals surface area contributed by atoms with Crippen LogP contribution in [0.4, 0.5) is 11.4 Å². The predicted molar refractivity (Wildman–Crippen MR) is 82.2 cm³/mol. The maximum absolute atomic E-state index is 11.8. The molecule has 0 atom stereocenters. The number of nitrogen functional groups attached to an aromatic ring is 1. The first-order valence-electron chi connectivity index (χ1n) is 7.12. The van der Waals surface area contributed by atoms with Gasteiger partial charge in [-0.25, -0.2) is 13.1 Å². The van der Waals surface area contributed by atoms with E-state index in [0.29, 0.717) is 17.4 Å². The van der Waals surface area contributed by atoms with E-state index >= 15 is 0 Å². The van der Waals surface area contributed by atoms with E-state index in [1.807, 2.05) is 0 Å². The summed E-state index contributed by atoms with van der Waals surface area (Å²) >= 11 is 0. The molecule has 0 amide bonds. The van der Waals surface area contributed by atoms with Gasteiger partial charge in [-0.3, -0.25) is 0 Å². The normalized spacial score (nSPS) is 17.6. The van der Waals surface area contributed by atoms with Crippen molar-refractivity contribution < 1.29 is 8.42 Å². The van der Waals surface area contributed by atoms with Gasteiger partial charge in [0.05, 0.1) is 16.3 Å². The van der Waals surface area contributed by atoms with Crippen molar-refractivity contribution in [2.24, 2.45) is 0 Å². The van der Waals surface area contributed by atoms with Crippen LogP contribution in [0.5, 0.6) is 0 Å². The highest BCUT2D eigenvalue weighted by molar-refractivity contribution is 7.89. The zero-order valence-electron chi connectivity index (χ0n) is 11.9. The molecule has 0 radical (unpaired) electrons. The number of rotatable bonds is 4. The van der Waals surface area contributed by atoms with Crippen LogP contribution in [-0.4, -0.2) is 21.5 Å². The van der Waals surface area contributed by atoms with E-state index in [9.17, 15) is 8.42 Å². The lowest BCUT2D eigenvalue weighted by Gasteiger charge is -2.19. The van der Waals surface area contributed by atoms with E-state index in [1.165, 1.54) is 38.8 Å². The Morgan fingerprint density at radius 1 is 1.15 bits per heavy atom. The van der Waals surface area contributed by atoms with Crippen molar-refractivity contribution >= 4 is 21.4 Å². The fraction of sp³-hybridized carbons (Fsp3) is 0.571. The van der Waals surface area contributed by atoms with Crippen LogP contribution >= 0.6 is 0 Å². The number of hydrogen-bond donors (Lipinski definition) is 3. The van der Waals surface area contributed by atoms with Gasteiger partial charge in [0.25, 0.3) is 0 Å². The van der Waals surface area contributed by atoms with E-state index in [0.717, 1.165) is 12.8 Å². The SMILES string of the molecule is CNS(=O)(=O)c1ccc(N)c(NC2CCCCCC2)c1. The summed E-state index contributed by atoms with van der Waals surface area (Å²) in [4.78, 5) is 0.241. The molecule has 1 aromatic rings. The van der Waals surface area contributed by atoms with Gasteiger partial charge in [0, 0.05) is 6.04 Å². The van der Waals surface area contributed by atoms with E-state index in [1.54, 1.807) is 12.1 Å². The molecule has 0 aromatic heterocycles. The van der Waals surface area contributed by atoms with E-state index in [4.69, 9.17) is 5.73 Å². The van der Waals surface area contributed by atoms with Crippen molar-refractivity contribution in [2.45, 2.75) is 49.5 Å². The molecule has 1 aliphatic rings. The first-order valence-corrected chi connectivity index (χ1v) is 8.61. The molecule has 0 aliphatic heterocycles. The van der Waals surface area contributed by atoms with Crippen molar-refractivity contribution in [2.75, 3.05) is 18.1 Å². The number of nitrogens with one attached hydrogen (secondary N) is 2. The third-order valence-electron chi connectivity index (χ3n) is 3.82. The molecule has 6 heteroatoms. The van der Waals surface area contributed by atoms with Gasteiger partial charge in [0.15, 0.2) is 0 Å². The van der Waals surface area contributed by atoms with Crippen molar-refractivity contribution in [3.8, 4) is 0 Å². The third-order valence-corrected chi connectivity index (χ3v) is 5.23. The predicted octanol–water partition coefficient (Wildman–Crippen LogP) is 2.31. The zero-order chi connectivity index (χ0) is 14.6. The maximum Gasteiger partial charge on any atom is 0.240 e. The fourth-order valence-corrected chi connectivity index (χ4v) is 3.34. The summed E-state index contributed by atoms with van der Waals surface area (Å²) in [6, 6.07) is 5.17. The second kappa shape index (κ2) is 6.45. The Morgan fingerprint density at radius 3 is 2.40 bits per heavy atom. The smallest absolute Gasteiger partial charge is 0.240 e. The van der Waals surface area contributed by atoms with Gasteiger partial charge in [-0.15, -0.1) is 0 Å². The monoisotopic (exact) mass is 297 g/mol. The second-order valence-corrected chi connectivity index (χ2v) is 7.18. The summed E-state index contributed by atoms with van der Waals surface area (Å²) in [7, 11) is -2.02. The summed E-state index contributed by atoms with van der Waals surface area (Å²) in [5.41, 5.74) is 7.26. The zero-order valence-corrected chi connectivity index (χ0v) is 12.7. The summed E-state index contributed by atoms with van der Waals surface area (Å²) in [6.07, 6.45) is 7.21. The largest absolute Gasteiger partial charge is 0.397 e. The van der Waals surface area contributed by atoms with Gasteiger partial charge in [0.1, 0.15) is 0 Å². The summed E-state index contributed by atoms with van der Waals surface area (Å²) in [5, 5.41) is 3.41. The summed E-state index contributed by atoms with van der Waals surface area (Å²) in [5.74, 6) is 0. The Hall–Kier alpha value is -1.27. The van der Waals surface area contributed by atoms with Crippen molar-refractivity contribution in [1.29, 1.82) is 0 Å². The van der Waals surface area contributed by atoms with Crippen LogP contribution in [0.3, 0.4) is 0 Å². The number of anilines is 2. The van der Waals surface area contributed by atoms with Crippen LogP contribution in [0.1, 0.15) is 38.5 Å². The number of benzene rings is 1.